The molecular formula is C24H40N2. The minimum Gasteiger partial charge on any atom is -0.309 e. The molecule has 1 aliphatic carbocycles. The molecule has 1 saturated carbocycles. The van der Waals surface area contributed by atoms with Crippen molar-refractivity contribution in [2.24, 2.45) is 17.3 Å². The highest BCUT2D eigenvalue weighted by Crippen LogP contribution is 2.47. The summed E-state index contributed by atoms with van der Waals surface area (Å²) in [6, 6.07) is 11.4. The molecule has 1 saturated heterocycles. The van der Waals surface area contributed by atoms with E-state index in [1.807, 2.05) is 0 Å². The molecule has 1 aromatic carbocycles. The van der Waals surface area contributed by atoms with Crippen molar-refractivity contribution in [3.05, 3.63) is 35.9 Å². The van der Waals surface area contributed by atoms with E-state index < -0.39 is 0 Å². The second-order valence-electron chi connectivity index (χ2n) is 9.99. The molecule has 0 radical (unpaired) electrons. The van der Waals surface area contributed by atoms with E-state index in [9.17, 15) is 0 Å². The van der Waals surface area contributed by atoms with Crippen molar-refractivity contribution >= 4 is 0 Å². The SMILES string of the molecule is C[C@@H]1CN(C2(c3ccccc3)CCCCC2)CCC(C)(C)C1CN(C)C. The summed E-state index contributed by atoms with van der Waals surface area (Å²) in [5.41, 5.74) is 2.25. The molecule has 2 aliphatic rings. The lowest BCUT2D eigenvalue weighted by atomic mass is 9.71. The number of hydrogen-bond donors (Lipinski definition) is 0. The molecule has 2 nitrogen and oxygen atoms in total. The van der Waals surface area contributed by atoms with Crippen LogP contribution < -0.4 is 0 Å². The Hall–Kier alpha value is -0.860. The topological polar surface area (TPSA) is 6.48 Å². The van der Waals surface area contributed by atoms with E-state index in [1.165, 1.54) is 58.2 Å². The van der Waals surface area contributed by atoms with Crippen LogP contribution in [0, 0.1) is 17.3 Å². The molecule has 1 unspecified atom stereocenters. The van der Waals surface area contributed by atoms with E-state index >= 15 is 0 Å². The molecule has 26 heavy (non-hydrogen) atoms. The number of nitrogens with zero attached hydrogens (tertiary/aromatic N) is 2. The van der Waals surface area contributed by atoms with Crippen LogP contribution in [-0.4, -0.2) is 43.5 Å². The van der Waals surface area contributed by atoms with Crippen LogP contribution in [0.15, 0.2) is 30.3 Å². The Kier molecular flexibility index (Phi) is 6.14. The van der Waals surface area contributed by atoms with E-state index in [2.05, 4.69) is 75.0 Å². The molecule has 0 N–H and O–H groups in total. The zero-order chi connectivity index (χ0) is 18.8. The quantitative estimate of drug-likeness (QED) is 0.713. The molecule has 0 aromatic heterocycles. The minimum absolute atomic E-state index is 0.275. The Morgan fingerprint density at radius 2 is 1.65 bits per heavy atom. The first-order valence-electron chi connectivity index (χ1n) is 10.8. The van der Waals surface area contributed by atoms with Gasteiger partial charge in [-0.25, -0.2) is 0 Å². The summed E-state index contributed by atoms with van der Waals surface area (Å²) < 4.78 is 0. The summed E-state index contributed by atoms with van der Waals surface area (Å²) in [7, 11) is 4.47. The molecule has 0 amide bonds. The van der Waals surface area contributed by atoms with Crippen LogP contribution in [0.25, 0.3) is 0 Å². The van der Waals surface area contributed by atoms with Crippen LogP contribution in [0.1, 0.15) is 64.9 Å². The van der Waals surface area contributed by atoms with E-state index in [-0.39, 0.29) is 5.54 Å². The van der Waals surface area contributed by atoms with Crippen LogP contribution >= 0.6 is 0 Å². The van der Waals surface area contributed by atoms with Crippen LogP contribution in [-0.2, 0) is 5.54 Å². The van der Waals surface area contributed by atoms with Crippen molar-refractivity contribution in [2.45, 2.75) is 64.8 Å². The standard InChI is InChI=1S/C24H40N2/c1-20-18-26(17-16-23(2,3)22(20)19-25(4)5)24(14-10-7-11-15-24)21-12-8-6-9-13-21/h6,8-9,12-13,20,22H,7,10-11,14-19H2,1-5H3/t20-,22?/m1/s1. The first kappa shape index (κ1) is 19.9. The molecule has 1 aliphatic heterocycles. The molecular weight excluding hydrogens is 316 g/mol. The molecule has 2 heteroatoms. The Bertz CT molecular complexity index is 557. The summed E-state index contributed by atoms with van der Waals surface area (Å²) in [5.74, 6) is 1.50. The van der Waals surface area contributed by atoms with Gasteiger partial charge in [0.15, 0.2) is 0 Å². The zero-order valence-electron chi connectivity index (χ0n) is 17.8. The maximum atomic E-state index is 2.91. The molecule has 1 heterocycles. The number of rotatable bonds is 4. The molecule has 2 atom stereocenters. The van der Waals surface area contributed by atoms with Gasteiger partial charge in [0, 0.05) is 18.6 Å². The Labute approximate surface area is 162 Å². The second-order valence-corrected chi connectivity index (χ2v) is 9.99. The summed E-state index contributed by atoms with van der Waals surface area (Å²) in [6.07, 6.45) is 8.15. The monoisotopic (exact) mass is 356 g/mol. The maximum absolute atomic E-state index is 2.91. The van der Waals surface area contributed by atoms with Crippen molar-refractivity contribution in [2.75, 3.05) is 33.7 Å². The van der Waals surface area contributed by atoms with Gasteiger partial charge in [-0.15, -0.1) is 0 Å². The maximum Gasteiger partial charge on any atom is 0.0460 e. The third-order valence-corrected chi connectivity index (χ3v) is 7.38. The van der Waals surface area contributed by atoms with E-state index in [1.54, 1.807) is 5.56 Å². The average Bonchev–Trinajstić information content (AvgIpc) is 2.74. The van der Waals surface area contributed by atoms with E-state index in [0.717, 1.165) is 11.8 Å². The molecule has 3 rings (SSSR count). The van der Waals surface area contributed by atoms with Crippen LogP contribution in [0.4, 0.5) is 0 Å². The Balaban J connectivity index is 1.91. The van der Waals surface area contributed by atoms with E-state index in [4.69, 9.17) is 0 Å². The highest BCUT2D eigenvalue weighted by Gasteiger charge is 2.45. The summed E-state index contributed by atoms with van der Waals surface area (Å²) in [6.45, 7) is 11.2. The van der Waals surface area contributed by atoms with Gasteiger partial charge in [-0.3, -0.25) is 4.90 Å². The smallest absolute Gasteiger partial charge is 0.0460 e. The van der Waals surface area contributed by atoms with Gasteiger partial charge in [0.25, 0.3) is 0 Å². The normalized spacial score (nSPS) is 29.5. The Morgan fingerprint density at radius 1 is 1.00 bits per heavy atom. The van der Waals surface area contributed by atoms with Crippen molar-refractivity contribution < 1.29 is 0 Å². The first-order chi connectivity index (χ1) is 12.3. The van der Waals surface area contributed by atoms with Crippen molar-refractivity contribution in [3.8, 4) is 0 Å². The third-order valence-electron chi connectivity index (χ3n) is 7.38. The molecule has 0 bridgehead atoms. The van der Waals surface area contributed by atoms with Gasteiger partial charge in [0.05, 0.1) is 0 Å². The van der Waals surface area contributed by atoms with Crippen molar-refractivity contribution in [3.63, 3.8) is 0 Å². The lowest BCUT2D eigenvalue weighted by Crippen LogP contribution is -2.49. The number of benzene rings is 1. The van der Waals surface area contributed by atoms with E-state index in [0.29, 0.717) is 5.41 Å². The van der Waals surface area contributed by atoms with Gasteiger partial charge < -0.3 is 4.90 Å². The van der Waals surface area contributed by atoms with Gasteiger partial charge in [-0.2, -0.15) is 0 Å². The van der Waals surface area contributed by atoms with Crippen LogP contribution in [0.3, 0.4) is 0 Å². The van der Waals surface area contributed by atoms with Crippen LogP contribution in [0.5, 0.6) is 0 Å². The Morgan fingerprint density at radius 3 is 2.27 bits per heavy atom. The van der Waals surface area contributed by atoms with Crippen molar-refractivity contribution in [1.29, 1.82) is 0 Å². The van der Waals surface area contributed by atoms with Gasteiger partial charge in [-0.1, -0.05) is 70.4 Å². The zero-order valence-corrected chi connectivity index (χ0v) is 17.8. The fourth-order valence-corrected chi connectivity index (χ4v) is 5.83. The fraction of sp³-hybridized carbons (Fsp3) is 0.750. The predicted molar refractivity (Wildman–Crippen MR) is 112 cm³/mol. The molecule has 1 aromatic rings. The largest absolute Gasteiger partial charge is 0.309 e. The summed E-state index contributed by atoms with van der Waals surface area (Å²) in [4.78, 5) is 5.30. The third kappa shape index (κ3) is 4.02. The predicted octanol–water partition coefficient (Wildman–Crippen LogP) is 5.39. The minimum atomic E-state index is 0.275. The lowest BCUT2D eigenvalue weighted by molar-refractivity contribution is 0.0366. The average molecular weight is 357 g/mol. The van der Waals surface area contributed by atoms with Gasteiger partial charge in [0.2, 0.25) is 0 Å². The molecule has 0 spiro atoms. The summed E-state index contributed by atoms with van der Waals surface area (Å²) >= 11 is 0. The highest BCUT2D eigenvalue weighted by molar-refractivity contribution is 5.25. The molecule has 2 fully saturated rings. The number of hydrogen-bond acceptors (Lipinski definition) is 2. The van der Waals surface area contributed by atoms with Gasteiger partial charge >= 0.3 is 0 Å². The first-order valence-corrected chi connectivity index (χ1v) is 10.8. The van der Waals surface area contributed by atoms with Gasteiger partial charge in [-0.05, 0) is 62.7 Å². The molecule has 146 valence electrons. The van der Waals surface area contributed by atoms with Gasteiger partial charge in [0.1, 0.15) is 0 Å². The fourth-order valence-electron chi connectivity index (χ4n) is 5.83. The highest BCUT2D eigenvalue weighted by atomic mass is 15.2. The lowest BCUT2D eigenvalue weighted by Gasteiger charge is -2.48. The van der Waals surface area contributed by atoms with Crippen LogP contribution in [0.2, 0.25) is 0 Å². The number of likely N-dealkylation sites (tertiary alicyclic amines) is 1. The second kappa shape index (κ2) is 8.02. The van der Waals surface area contributed by atoms with Crippen molar-refractivity contribution in [1.82, 2.24) is 9.80 Å². The summed E-state index contributed by atoms with van der Waals surface area (Å²) in [5, 5.41) is 0.